The summed E-state index contributed by atoms with van der Waals surface area (Å²) in [5.74, 6) is 2.11. The molecule has 0 aromatic carbocycles. The fourth-order valence-electron chi connectivity index (χ4n) is 3.38. The van der Waals surface area contributed by atoms with E-state index in [1.807, 2.05) is 6.92 Å². The van der Waals surface area contributed by atoms with Gasteiger partial charge < -0.3 is 4.42 Å². The normalized spacial score (nSPS) is 33.5. The van der Waals surface area contributed by atoms with Gasteiger partial charge in [0.05, 0.1) is 11.8 Å². The van der Waals surface area contributed by atoms with Crippen molar-refractivity contribution < 1.29 is 9.21 Å². The molecule has 2 heteroatoms. The summed E-state index contributed by atoms with van der Waals surface area (Å²) in [5.41, 5.74) is 1.80. The van der Waals surface area contributed by atoms with Crippen LogP contribution in [0, 0.1) is 24.7 Å². The molecule has 2 bridgehead atoms. The van der Waals surface area contributed by atoms with E-state index in [1.165, 1.54) is 19.3 Å². The van der Waals surface area contributed by atoms with Crippen molar-refractivity contribution >= 4 is 5.78 Å². The predicted molar refractivity (Wildman–Crippen MR) is 56.7 cm³/mol. The summed E-state index contributed by atoms with van der Waals surface area (Å²) in [6, 6.07) is 0. The Morgan fingerprint density at radius 3 is 2.73 bits per heavy atom. The summed E-state index contributed by atoms with van der Waals surface area (Å²) in [5, 5.41) is 0. The number of furan rings is 1. The molecule has 1 aromatic heterocycles. The van der Waals surface area contributed by atoms with Gasteiger partial charge in [-0.25, -0.2) is 0 Å². The topological polar surface area (TPSA) is 30.2 Å². The lowest BCUT2D eigenvalue weighted by molar-refractivity contribution is 0.0873. The molecule has 2 fully saturated rings. The molecule has 1 aromatic rings. The molecule has 0 spiro atoms. The van der Waals surface area contributed by atoms with Crippen molar-refractivity contribution in [3.05, 3.63) is 23.7 Å². The maximum absolute atomic E-state index is 12.3. The minimum atomic E-state index is 0.292. The first-order valence-corrected chi connectivity index (χ1v) is 5.82. The molecule has 3 unspecified atom stereocenters. The Morgan fingerprint density at radius 2 is 2.20 bits per heavy atom. The molecule has 2 saturated carbocycles. The van der Waals surface area contributed by atoms with Crippen molar-refractivity contribution in [2.45, 2.75) is 32.6 Å². The molecular weight excluding hydrogens is 188 g/mol. The van der Waals surface area contributed by atoms with Crippen molar-refractivity contribution in [2.75, 3.05) is 0 Å². The van der Waals surface area contributed by atoms with Crippen LogP contribution in [-0.4, -0.2) is 5.78 Å². The highest BCUT2D eigenvalue weighted by atomic mass is 16.3. The van der Waals surface area contributed by atoms with Gasteiger partial charge in [0.25, 0.3) is 0 Å². The monoisotopic (exact) mass is 204 g/mol. The van der Waals surface area contributed by atoms with E-state index in [-0.39, 0.29) is 0 Å². The molecule has 0 aliphatic heterocycles. The molecule has 80 valence electrons. The summed E-state index contributed by atoms with van der Waals surface area (Å²) in [4.78, 5) is 12.3. The van der Waals surface area contributed by atoms with E-state index in [1.54, 1.807) is 12.5 Å². The van der Waals surface area contributed by atoms with Crippen molar-refractivity contribution in [3.63, 3.8) is 0 Å². The Bertz CT molecular complexity index is 391. The predicted octanol–water partition coefficient (Wildman–Crippen LogP) is 3.21. The number of rotatable bonds is 2. The van der Waals surface area contributed by atoms with Crippen LogP contribution in [0.1, 0.15) is 41.6 Å². The van der Waals surface area contributed by atoms with Gasteiger partial charge in [-0.15, -0.1) is 0 Å². The molecule has 0 saturated heterocycles. The van der Waals surface area contributed by atoms with Crippen LogP contribution in [0.4, 0.5) is 0 Å². The minimum Gasteiger partial charge on any atom is -0.472 e. The third-order valence-electron chi connectivity index (χ3n) is 4.20. The lowest BCUT2D eigenvalue weighted by atomic mass is 9.83. The van der Waals surface area contributed by atoms with E-state index in [0.717, 1.165) is 23.5 Å². The summed E-state index contributed by atoms with van der Waals surface area (Å²) in [7, 11) is 0. The van der Waals surface area contributed by atoms with Gasteiger partial charge >= 0.3 is 0 Å². The molecule has 3 atom stereocenters. The maximum Gasteiger partial charge on any atom is 0.169 e. The first-order valence-electron chi connectivity index (χ1n) is 5.82. The SMILES string of the molecule is Cc1cocc1C(=O)C1CC2CCC1C2. The fourth-order valence-corrected chi connectivity index (χ4v) is 3.38. The Labute approximate surface area is 89.7 Å². The van der Waals surface area contributed by atoms with Crippen LogP contribution in [-0.2, 0) is 0 Å². The Kier molecular flexibility index (Phi) is 1.98. The number of Topliss-reactive ketones (excluding diaryl/α,β-unsaturated/α-hetero) is 1. The second kappa shape index (κ2) is 3.22. The lowest BCUT2D eigenvalue weighted by Gasteiger charge is -2.19. The molecule has 0 amide bonds. The Hall–Kier alpha value is -1.05. The van der Waals surface area contributed by atoms with Crippen LogP contribution >= 0.6 is 0 Å². The summed E-state index contributed by atoms with van der Waals surface area (Å²) < 4.78 is 5.09. The minimum absolute atomic E-state index is 0.292. The summed E-state index contributed by atoms with van der Waals surface area (Å²) in [6.07, 6.45) is 8.29. The van der Waals surface area contributed by atoms with Crippen LogP contribution in [0.15, 0.2) is 16.9 Å². The number of carbonyl (C=O) groups is 1. The van der Waals surface area contributed by atoms with Crippen molar-refractivity contribution in [2.24, 2.45) is 17.8 Å². The second-order valence-electron chi connectivity index (χ2n) is 5.11. The third-order valence-corrected chi connectivity index (χ3v) is 4.20. The van der Waals surface area contributed by atoms with Crippen LogP contribution in [0.5, 0.6) is 0 Å². The van der Waals surface area contributed by atoms with Gasteiger partial charge in [-0.1, -0.05) is 6.42 Å². The molecule has 0 radical (unpaired) electrons. The third kappa shape index (κ3) is 1.35. The van der Waals surface area contributed by atoms with E-state index in [4.69, 9.17) is 4.42 Å². The average molecular weight is 204 g/mol. The molecule has 1 heterocycles. The molecular formula is C13H16O2. The van der Waals surface area contributed by atoms with Crippen LogP contribution in [0.25, 0.3) is 0 Å². The molecule has 0 N–H and O–H groups in total. The van der Waals surface area contributed by atoms with E-state index in [2.05, 4.69) is 0 Å². The number of aryl methyl sites for hydroxylation is 1. The smallest absolute Gasteiger partial charge is 0.169 e. The van der Waals surface area contributed by atoms with E-state index in [9.17, 15) is 4.79 Å². The number of hydrogen-bond acceptors (Lipinski definition) is 2. The first kappa shape index (κ1) is 9.20. The highest BCUT2D eigenvalue weighted by molar-refractivity contribution is 5.99. The standard InChI is InChI=1S/C13H16O2/c1-8-6-15-7-12(8)13(14)11-5-9-2-3-10(11)4-9/h6-7,9-11H,2-5H2,1H3. The average Bonchev–Trinajstić information content (AvgIpc) is 2.91. The zero-order chi connectivity index (χ0) is 10.4. The number of fused-ring (bicyclic) bond motifs is 2. The summed E-state index contributed by atoms with van der Waals surface area (Å²) >= 11 is 0. The van der Waals surface area contributed by atoms with Crippen LogP contribution in [0.3, 0.4) is 0 Å². The zero-order valence-electron chi connectivity index (χ0n) is 9.03. The molecule has 2 nitrogen and oxygen atoms in total. The van der Waals surface area contributed by atoms with Gasteiger partial charge in [0.2, 0.25) is 0 Å². The van der Waals surface area contributed by atoms with Gasteiger partial charge in [0, 0.05) is 5.92 Å². The van der Waals surface area contributed by atoms with Crippen molar-refractivity contribution in [1.82, 2.24) is 0 Å². The Balaban J connectivity index is 1.84. The van der Waals surface area contributed by atoms with Crippen LogP contribution in [0.2, 0.25) is 0 Å². The quantitative estimate of drug-likeness (QED) is 0.692. The molecule has 3 rings (SSSR count). The molecule has 2 aliphatic carbocycles. The summed E-state index contributed by atoms with van der Waals surface area (Å²) in [6.45, 7) is 1.95. The molecule has 15 heavy (non-hydrogen) atoms. The second-order valence-corrected chi connectivity index (χ2v) is 5.11. The van der Waals surface area contributed by atoms with Gasteiger partial charge in [-0.2, -0.15) is 0 Å². The highest BCUT2D eigenvalue weighted by Gasteiger charge is 2.43. The largest absolute Gasteiger partial charge is 0.472 e. The van der Waals surface area contributed by atoms with Gasteiger partial charge in [0.15, 0.2) is 5.78 Å². The van der Waals surface area contributed by atoms with Gasteiger partial charge in [-0.05, 0) is 43.6 Å². The lowest BCUT2D eigenvalue weighted by Crippen LogP contribution is -2.21. The van der Waals surface area contributed by atoms with E-state index < -0.39 is 0 Å². The maximum atomic E-state index is 12.3. The van der Waals surface area contributed by atoms with Crippen LogP contribution < -0.4 is 0 Å². The zero-order valence-corrected chi connectivity index (χ0v) is 9.03. The number of carbonyl (C=O) groups excluding carboxylic acids is 1. The highest BCUT2D eigenvalue weighted by Crippen LogP contribution is 2.49. The van der Waals surface area contributed by atoms with E-state index in [0.29, 0.717) is 17.6 Å². The Morgan fingerprint density at radius 1 is 1.33 bits per heavy atom. The van der Waals surface area contributed by atoms with Gasteiger partial charge in [-0.3, -0.25) is 4.79 Å². The van der Waals surface area contributed by atoms with E-state index >= 15 is 0 Å². The van der Waals surface area contributed by atoms with Gasteiger partial charge in [0.1, 0.15) is 6.26 Å². The fraction of sp³-hybridized carbons (Fsp3) is 0.615. The first-order chi connectivity index (χ1) is 7.25. The van der Waals surface area contributed by atoms with Crippen molar-refractivity contribution in [3.8, 4) is 0 Å². The number of ketones is 1. The number of hydrogen-bond donors (Lipinski definition) is 0. The van der Waals surface area contributed by atoms with Crippen molar-refractivity contribution in [1.29, 1.82) is 0 Å². The molecule has 2 aliphatic rings.